The number of halogens is 2. The van der Waals surface area contributed by atoms with E-state index in [0.29, 0.717) is 22.9 Å². The Bertz CT molecular complexity index is 1040. The van der Waals surface area contributed by atoms with Crippen molar-refractivity contribution in [2.45, 2.75) is 6.61 Å². The Balaban J connectivity index is 1.43. The smallest absolute Gasteiger partial charge is 0.258 e. The third kappa shape index (κ3) is 3.73. The molecule has 0 fully saturated rings. The van der Waals surface area contributed by atoms with Crippen LogP contribution in [0.1, 0.15) is 15.9 Å². The van der Waals surface area contributed by atoms with Gasteiger partial charge in [0.25, 0.3) is 5.91 Å². The first-order valence-electron chi connectivity index (χ1n) is 8.47. The van der Waals surface area contributed by atoms with Crippen molar-refractivity contribution in [2.75, 3.05) is 12.1 Å². The van der Waals surface area contributed by atoms with Gasteiger partial charge >= 0.3 is 0 Å². The van der Waals surface area contributed by atoms with Gasteiger partial charge in [-0.2, -0.15) is 0 Å². The van der Waals surface area contributed by atoms with E-state index < -0.39 is 17.5 Å². The van der Waals surface area contributed by atoms with Gasteiger partial charge in [0.2, 0.25) is 6.79 Å². The molecule has 3 aromatic rings. The fourth-order valence-corrected chi connectivity index (χ4v) is 2.75. The molecule has 0 aromatic heterocycles. The van der Waals surface area contributed by atoms with Crippen molar-refractivity contribution < 1.29 is 27.8 Å². The highest BCUT2D eigenvalue weighted by Gasteiger charge is 2.16. The number of hydrogen-bond acceptors (Lipinski definition) is 4. The van der Waals surface area contributed by atoms with Crippen molar-refractivity contribution in [3.63, 3.8) is 0 Å². The third-order valence-corrected chi connectivity index (χ3v) is 4.13. The summed E-state index contributed by atoms with van der Waals surface area (Å²) < 4.78 is 43.4. The maximum Gasteiger partial charge on any atom is 0.258 e. The minimum atomic E-state index is -1.18. The molecule has 1 N–H and O–H groups in total. The van der Waals surface area contributed by atoms with Crippen LogP contribution >= 0.6 is 0 Å². The summed E-state index contributed by atoms with van der Waals surface area (Å²) in [4.78, 5) is 12.2. The molecule has 0 spiro atoms. The summed E-state index contributed by atoms with van der Waals surface area (Å²) in [7, 11) is 0. The number of carbonyl (C=O) groups excluding carboxylic acids is 1. The van der Waals surface area contributed by atoms with E-state index in [1.807, 2.05) is 6.07 Å². The summed E-state index contributed by atoms with van der Waals surface area (Å²) in [6, 6.07) is 15.6. The van der Waals surface area contributed by atoms with Crippen LogP contribution in [0.5, 0.6) is 17.2 Å². The van der Waals surface area contributed by atoms with E-state index in [9.17, 15) is 13.6 Å². The van der Waals surface area contributed by atoms with E-state index in [2.05, 4.69) is 5.32 Å². The molecule has 7 heteroatoms. The number of hydrogen-bond donors (Lipinski definition) is 1. The van der Waals surface area contributed by atoms with Crippen molar-refractivity contribution in [3.05, 3.63) is 83.4 Å². The average molecular weight is 383 g/mol. The van der Waals surface area contributed by atoms with Gasteiger partial charge in [0.15, 0.2) is 23.1 Å². The second kappa shape index (κ2) is 7.56. The Kier molecular flexibility index (Phi) is 4.80. The Morgan fingerprint density at radius 2 is 1.82 bits per heavy atom. The number of anilines is 1. The average Bonchev–Trinajstić information content (AvgIpc) is 3.16. The summed E-state index contributed by atoms with van der Waals surface area (Å²) in [6.07, 6.45) is 0. The first kappa shape index (κ1) is 17.8. The minimum Gasteiger partial charge on any atom is -0.489 e. The van der Waals surface area contributed by atoms with E-state index in [0.717, 1.165) is 11.6 Å². The van der Waals surface area contributed by atoms with Gasteiger partial charge in [-0.25, -0.2) is 8.78 Å². The van der Waals surface area contributed by atoms with Gasteiger partial charge in [-0.1, -0.05) is 18.2 Å². The molecule has 1 heterocycles. The van der Waals surface area contributed by atoms with Crippen LogP contribution in [0.2, 0.25) is 0 Å². The molecule has 1 aliphatic rings. The summed E-state index contributed by atoms with van der Waals surface area (Å²) in [5.74, 6) is -1.08. The summed E-state index contributed by atoms with van der Waals surface area (Å²) in [5, 5.41) is 2.56. The van der Waals surface area contributed by atoms with Crippen molar-refractivity contribution in [1.82, 2.24) is 0 Å². The normalized spacial score (nSPS) is 11.9. The molecule has 4 rings (SSSR count). The number of benzene rings is 3. The molecule has 0 bridgehead atoms. The number of nitrogens with one attached hydrogen (secondary N) is 1. The van der Waals surface area contributed by atoms with Crippen LogP contribution in [-0.4, -0.2) is 12.7 Å². The Labute approximate surface area is 159 Å². The van der Waals surface area contributed by atoms with Crippen LogP contribution < -0.4 is 19.5 Å². The number of fused-ring (bicyclic) bond motifs is 1. The number of ether oxygens (including phenoxy) is 3. The van der Waals surface area contributed by atoms with Gasteiger partial charge in [0.1, 0.15) is 12.4 Å². The molecule has 1 amide bonds. The zero-order valence-electron chi connectivity index (χ0n) is 14.6. The molecule has 3 aromatic carbocycles. The number of carbonyl (C=O) groups is 1. The monoisotopic (exact) mass is 383 g/mol. The number of amides is 1. The predicted molar refractivity (Wildman–Crippen MR) is 97.7 cm³/mol. The summed E-state index contributed by atoms with van der Waals surface area (Å²) in [6.45, 7) is 0.435. The third-order valence-electron chi connectivity index (χ3n) is 4.13. The van der Waals surface area contributed by atoms with Gasteiger partial charge in [-0.15, -0.1) is 0 Å². The second-order valence-corrected chi connectivity index (χ2v) is 6.06. The first-order valence-corrected chi connectivity index (χ1v) is 8.47. The van der Waals surface area contributed by atoms with E-state index in [1.54, 1.807) is 36.4 Å². The van der Waals surface area contributed by atoms with Crippen LogP contribution in [0.3, 0.4) is 0 Å². The Hall–Kier alpha value is -3.61. The highest BCUT2D eigenvalue weighted by Crippen LogP contribution is 2.35. The summed E-state index contributed by atoms with van der Waals surface area (Å²) in [5.41, 5.74) is 0.873. The van der Waals surface area contributed by atoms with Gasteiger partial charge in [-0.3, -0.25) is 4.79 Å². The maximum atomic E-state index is 13.8. The van der Waals surface area contributed by atoms with Crippen LogP contribution in [0.15, 0.2) is 60.7 Å². The van der Waals surface area contributed by atoms with Gasteiger partial charge in [0, 0.05) is 11.8 Å². The Morgan fingerprint density at radius 3 is 2.71 bits per heavy atom. The SMILES string of the molecule is O=C(Nc1cccc(COc2ccc3c(c2)OCO3)c1)c1cccc(F)c1F. The topological polar surface area (TPSA) is 56.8 Å². The van der Waals surface area contributed by atoms with Gasteiger partial charge in [0.05, 0.1) is 5.56 Å². The largest absolute Gasteiger partial charge is 0.489 e. The zero-order valence-corrected chi connectivity index (χ0v) is 14.6. The molecular weight excluding hydrogens is 368 g/mol. The van der Waals surface area contributed by atoms with E-state index in [-0.39, 0.29) is 19.0 Å². The molecule has 0 radical (unpaired) electrons. The van der Waals surface area contributed by atoms with E-state index in [1.165, 1.54) is 12.1 Å². The van der Waals surface area contributed by atoms with Crippen molar-refractivity contribution >= 4 is 11.6 Å². The quantitative estimate of drug-likeness (QED) is 0.704. The molecule has 0 saturated carbocycles. The lowest BCUT2D eigenvalue weighted by molar-refractivity contribution is 0.102. The van der Waals surface area contributed by atoms with E-state index >= 15 is 0 Å². The molecule has 0 atom stereocenters. The van der Waals surface area contributed by atoms with Crippen molar-refractivity contribution in [1.29, 1.82) is 0 Å². The van der Waals surface area contributed by atoms with Gasteiger partial charge in [-0.05, 0) is 42.0 Å². The highest BCUT2D eigenvalue weighted by molar-refractivity contribution is 6.04. The minimum absolute atomic E-state index is 0.187. The first-order chi connectivity index (χ1) is 13.6. The van der Waals surface area contributed by atoms with Crippen molar-refractivity contribution in [2.24, 2.45) is 0 Å². The maximum absolute atomic E-state index is 13.8. The highest BCUT2D eigenvalue weighted by atomic mass is 19.2. The fourth-order valence-electron chi connectivity index (χ4n) is 2.75. The molecule has 142 valence electrons. The molecule has 28 heavy (non-hydrogen) atoms. The van der Waals surface area contributed by atoms with Crippen LogP contribution in [0.4, 0.5) is 14.5 Å². The Morgan fingerprint density at radius 1 is 1.00 bits per heavy atom. The molecule has 5 nitrogen and oxygen atoms in total. The molecular formula is C21H15F2NO4. The van der Waals surface area contributed by atoms with Crippen LogP contribution in [0, 0.1) is 11.6 Å². The van der Waals surface area contributed by atoms with Gasteiger partial charge < -0.3 is 19.5 Å². The van der Waals surface area contributed by atoms with Crippen molar-refractivity contribution in [3.8, 4) is 17.2 Å². The molecule has 0 unspecified atom stereocenters. The van der Waals surface area contributed by atoms with Crippen LogP contribution in [0.25, 0.3) is 0 Å². The molecule has 1 aliphatic heterocycles. The molecule has 0 aliphatic carbocycles. The summed E-state index contributed by atoms with van der Waals surface area (Å²) >= 11 is 0. The lowest BCUT2D eigenvalue weighted by Crippen LogP contribution is -2.14. The predicted octanol–water partition coefficient (Wildman–Crippen LogP) is 4.52. The second-order valence-electron chi connectivity index (χ2n) is 6.06. The molecule has 0 saturated heterocycles. The zero-order chi connectivity index (χ0) is 19.5. The number of rotatable bonds is 5. The lowest BCUT2D eigenvalue weighted by atomic mass is 10.1. The fraction of sp³-hybridized carbons (Fsp3) is 0.0952. The standard InChI is InChI=1S/C21H15F2NO4/c22-17-6-2-5-16(20(17)23)21(25)24-14-4-1-3-13(9-14)11-26-15-7-8-18-19(10-15)28-12-27-18/h1-10H,11-12H2,(H,24,25). The van der Waals surface area contributed by atoms with E-state index in [4.69, 9.17) is 14.2 Å². The lowest BCUT2D eigenvalue weighted by Gasteiger charge is -2.10. The van der Waals surface area contributed by atoms with Crippen LogP contribution in [-0.2, 0) is 6.61 Å².